The Kier molecular flexibility index (Phi) is 5.54. The van der Waals surface area contributed by atoms with E-state index < -0.39 is 0 Å². The van der Waals surface area contributed by atoms with Gasteiger partial charge in [-0.1, -0.05) is 24.1 Å². The standard InChI is InChI=1S/C19H21ClN2O.ClH/c20-15-11-14-5-4-10-23-19(14)17(12-15)18-7-6-16(21-18)13-22-8-2-1-3-9-22;/h4-7,10-12,19,21H,1-3,8-9,13H2;1H. The minimum Gasteiger partial charge on any atom is -0.489 e. The van der Waals surface area contributed by atoms with Gasteiger partial charge in [0.25, 0.3) is 0 Å². The van der Waals surface area contributed by atoms with Gasteiger partial charge < -0.3 is 9.72 Å². The first kappa shape index (κ1) is 17.4. The van der Waals surface area contributed by atoms with E-state index >= 15 is 0 Å². The molecular formula is C19H22Cl2N2O. The Morgan fingerprint density at radius 3 is 2.83 bits per heavy atom. The number of piperidine rings is 1. The van der Waals surface area contributed by atoms with Crippen LogP contribution in [0.3, 0.4) is 0 Å². The summed E-state index contributed by atoms with van der Waals surface area (Å²) in [6.45, 7) is 3.40. The molecule has 1 atom stereocenters. The van der Waals surface area contributed by atoms with E-state index in [9.17, 15) is 0 Å². The fourth-order valence-corrected chi connectivity index (χ4v) is 3.76. The quantitative estimate of drug-likeness (QED) is 0.835. The molecule has 0 amide bonds. The summed E-state index contributed by atoms with van der Waals surface area (Å²) >= 11 is 6.29. The number of allylic oxidation sites excluding steroid dienone is 4. The lowest BCUT2D eigenvalue weighted by molar-refractivity contribution is 0.218. The van der Waals surface area contributed by atoms with Gasteiger partial charge in [-0.3, -0.25) is 4.90 Å². The van der Waals surface area contributed by atoms with Gasteiger partial charge in [0.05, 0.1) is 6.26 Å². The lowest BCUT2D eigenvalue weighted by Gasteiger charge is -2.27. The van der Waals surface area contributed by atoms with Gasteiger partial charge in [-0.25, -0.2) is 0 Å². The molecule has 3 heterocycles. The van der Waals surface area contributed by atoms with Crippen LogP contribution in [0.4, 0.5) is 0 Å². The van der Waals surface area contributed by atoms with E-state index in [1.807, 2.05) is 18.2 Å². The van der Waals surface area contributed by atoms with Crippen molar-refractivity contribution in [2.75, 3.05) is 13.1 Å². The van der Waals surface area contributed by atoms with Gasteiger partial charge in [-0.05, 0) is 61.9 Å². The van der Waals surface area contributed by atoms with Crippen LogP contribution < -0.4 is 0 Å². The van der Waals surface area contributed by atoms with Crippen molar-refractivity contribution in [3.05, 3.63) is 64.7 Å². The van der Waals surface area contributed by atoms with E-state index in [0.717, 1.165) is 28.4 Å². The topological polar surface area (TPSA) is 28.3 Å². The largest absolute Gasteiger partial charge is 0.489 e. The molecule has 0 aromatic carbocycles. The second-order valence-electron chi connectivity index (χ2n) is 6.37. The maximum Gasteiger partial charge on any atom is 0.150 e. The molecule has 1 aliphatic carbocycles. The van der Waals surface area contributed by atoms with Crippen LogP contribution in [0.5, 0.6) is 0 Å². The van der Waals surface area contributed by atoms with E-state index in [1.165, 1.54) is 38.0 Å². The van der Waals surface area contributed by atoms with Gasteiger partial charge in [-0.15, -0.1) is 12.4 Å². The zero-order chi connectivity index (χ0) is 15.6. The van der Waals surface area contributed by atoms with E-state index in [1.54, 1.807) is 6.26 Å². The third-order valence-electron chi connectivity index (χ3n) is 4.67. The van der Waals surface area contributed by atoms with Crippen LogP contribution in [-0.2, 0) is 11.3 Å². The molecule has 4 rings (SSSR count). The summed E-state index contributed by atoms with van der Waals surface area (Å²) < 4.78 is 5.81. The highest BCUT2D eigenvalue weighted by Gasteiger charge is 2.26. The number of aromatic amines is 1. The number of hydrogen-bond acceptors (Lipinski definition) is 2. The second kappa shape index (κ2) is 7.64. The molecule has 0 radical (unpaired) electrons. The molecule has 24 heavy (non-hydrogen) atoms. The highest BCUT2D eigenvalue weighted by Crippen LogP contribution is 2.35. The maximum absolute atomic E-state index is 6.29. The molecule has 0 spiro atoms. The summed E-state index contributed by atoms with van der Waals surface area (Å²) in [7, 11) is 0. The average molecular weight is 365 g/mol. The average Bonchev–Trinajstić information content (AvgIpc) is 3.03. The Labute approximate surface area is 154 Å². The number of nitrogens with zero attached hydrogens (tertiary/aromatic N) is 1. The molecule has 0 bridgehead atoms. The molecular weight excluding hydrogens is 343 g/mol. The fourth-order valence-electron chi connectivity index (χ4n) is 3.52. The SMILES string of the molecule is Cl.ClC1=CC2=CC=COC2C(c2ccc(CN3CCCCC3)[nH]2)=C1. The maximum atomic E-state index is 6.29. The Morgan fingerprint density at radius 1 is 1.17 bits per heavy atom. The molecule has 2 aliphatic heterocycles. The Morgan fingerprint density at radius 2 is 2.00 bits per heavy atom. The normalized spacial score (nSPS) is 23.4. The highest BCUT2D eigenvalue weighted by atomic mass is 35.5. The van der Waals surface area contributed by atoms with Gasteiger partial charge >= 0.3 is 0 Å². The molecule has 1 aromatic heterocycles. The number of nitrogens with one attached hydrogen (secondary N) is 1. The zero-order valence-corrected chi connectivity index (χ0v) is 15.1. The smallest absolute Gasteiger partial charge is 0.150 e. The number of rotatable bonds is 3. The summed E-state index contributed by atoms with van der Waals surface area (Å²) in [5, 5.41) is 0.744. The van der Waals surface area contributed by atoms with E-state index in [4.69, 9.17) is 16.3 Å². The molecule has 3 nitrogen and oxygen atoms in total. The molecule has 128 valence electrons. The van der Waals surface area contributed by atoms with Crippen LogP contribution >= 0.6 is 24.0 Å². The van der Waals surface area contributed by atoms with Crippen LogP contribution in [0.2, 0.25) is 0 Å². The van der Waals surface area contributed by atoms with E-state index in [0.29, 0.717) is 0 Å². The van der Waals surface area contributed by atoms with Crippen LogP contribution in [0.15, 0.2) is 53.3 Å². The third kappa shape index (κ3) is 3.64. The minimum atomic E-state index is -0.0658. The second-order valence-corrected chi connectivity index (χ2v) is 6.81. The molecule has 1 aromatic rings. The van der Waals surface area contributed by atoms with Crippen molar-refractivity contribution in [3.8, 4) is 0 Å². The molecule has 0 saturated carbocycles. The van der Waals surface area contributed by atoms with Gasteiger partial charge in [0.2, 0.25) is 0 Å². The fraction of sp³-hybridized carbons (Fsp3) is 0.368. The van der Waals surface area contributed by atoms with E-state index in [2.05, 4.69) is 28.1 Å². The number of ether oxygens (including phenoxy) is 1. The van der Waals surface area contributed by atoms with Crippen molar-refractivity contribution < 1.29 is 4.74 Å². The van der Waals surface area contributed by atoms with Crippen LogP contribution in [0.1, 0.15) is 30.7 Å². The molecule has 5 heteroatoms. The minimum absolute atomic E-state index is 0. The highest BCUT2D eigenvalue weighted by molar-refractivity contribution is 6.32. The first-order valence-corrected chi connectivity index (χ1v) is 8.69. The first-order valence-electron chi connectivity index (χ1n) is 8.31. The number of halogens is 2. The van der Waals surface area contributed by atoms with Crippen molar-refractivity contribution in [1.29, 1.82) is 0 Å². The van der Waals surface area contributed by atoms with Crippen LogP contribution in [-0.4, -0.2) is 29.1 Å². The predicted octanol–water partition coefficient (Wildman–Crippen LogP) is 4.78. The van der Waals surface area contributed by atoms with Gasteiger partial charge in [0.15, 0.2) is 6.10 Å². The summed E-state index contributed by atoms with van der Waals surface area (Å²) in [6, 6.07) is 4.32. The van der Waals surface area contributed by atoms with Gasteiger partial charge in [0.1, 0.15) is 0 Å². The molecule has 1 fully saturated rings. The van der Waals surface area contributed by atoms with Gasteiger partial charge in [0, 0.05) is 28.5 Å². The van der Waals surface area contributed by atoms with Crippen molar-refractivity contribution >= 4 is 29.6 Å². The molecule has 1 N–H and O–H groups in total. The Hall–Kier alpha value is -1.42. The van der Waals surface area contributed by atoms with Crippen LogP contribution in [0.25, 0.3) is 5.57 Å². The number of H-pyrrole nitrogens is 1. The van der Waals surface area contributed by atoms with Gasteiger partial charge in [-0.2, -0.15) is 0 Å². The van der Waals surface area contributed by atoms with Crippen molar-refractivity contribution in [1.82, 2.24) is 9.88 Å². The molecule has 1 unspecified atom stereocenters. The van der Waals surface area contributed by atoms with Crippen molar-refractivity contribution in [2.24, 2.45) is 0 Å². The Bertz CT molecular complexity index is 709. The summed E-state index contributed by atoms with van der Waals surface area (Å²) in [5.74, 6) is 0. The number of likely N-dealkylation sites (tertiary alicyclic amines) is 1. The molecule has 3 aliphatic rings. The molecule has 1 saturated heterocycles. The predicted molar refractivity (Wildman–Crippen MR) is 101 cm³/mol. The lowest BCUT2D eigenvalue weighted by atomic mass is 9.93. The number of aromatic nitrogens is 1. The number of hydrogen-bond donors (Lipinski definition) is 1. The van der Waals surface area contributed by atoms with E-state index in [-0.39, 0.29) is 18.5 Å². The summed E-state index contributed by atoms with van der Waals surface area (Å²) in [5.41, 5.74) is 4.54. The zero-order valence-electron chi connectivity index (χ0n) is 13.5. The monoisotopic (exact) mass is 364 g/mol. The van der Waals surface area contributed by atoms with Crippen molar-refractivity contribution in [3.63, 3.8) is 0 Å². The Balaban J connectivity index is 0.00000169. The first-order chi connectivity index (χ1) is 11.3. The third-order valence-corrected chi connectivity index (χ3v) is 4.88. The van der Waals surface area contributed by atoms with Crippen LogP contribution in [0, 0.1) is 0 Å². The number of fused-ring (bicyclic) bond motifs is 1. The van der Waals surface area contributed by atoms with Crippen molar-refractivity contribution in [2.45, 2.75) is 31.9 Å². The lowest BCUT2D eigenvalue weighted by Crippen LogP contribution is -2.29. The summed E-state index contributed by atoms with van der Waals surface area (Å²) in [6.07, 6.45) is 13.6. The summed E-state index contributed by atoms with van der Waals surface area (Å²) in [4.78, 5) is 6.08.